The molecule has 1 aliphatic carbocycles. The van der Waals surface area contributed by atoms with Crippen molar-refractivity contribution in [3.8, 4) is 5.75 Å². The van der Waals surface area contributed by atoms with Gasteiger partial charge in [0.05, 0.1) is 12.3 Å². The molecule has 0 atom stereocenters. The molecule has 0 radical (unpaired) electrons. The number of carbonyl (C=O) groups is 1. The number of carbonyl (C=O) groups excluding carboxylic acids is 1. The minimum absolute atomic E-state index is 0.115. The molecule has 0 bridgehead atoms. The summed E-state index contributed by atoms with van der Waals surface area (Å²) in [5.41, 5.74) is 1.96. The Morgan fingerprint density at radius 3 is 2.89 bits per heavy atom. The summed E-state index contributed by atoms with van der Waals surface area (Å²) in [5, 5.41) is 5.97. The first-order valence-corrected chi connectivity index (χ1v) is 7.15. The minimum Gasteiger partial charge on any atom is -0.491 e. The summed E-state index contributed by atoms with van der Waals surface area (Å²) in [6.45, 7) is 0.707. The van der Waals surface area contributed by atoms with Gasteiger partial charge in [0.2, 0.25) is 0 Å². The number of urea groups is 1. The fraction of sp³-hybridized carbons (Fsp3) is 0.533. The molecule has 1 aliphatic heterocycles. The van der Waals surface area contributed by atoms with Crippen molar-refractivity contribution in [2.75, 3.05) is 11.9 Å². The maximum Gasteiger partial charge on any atom is 0.319 e. The van der Waals surface area contributed by atoms with E-state index in [-0.39, 0.29) is 6.03 Å². The summed E-state index contributed by atoms with van der Waals surface area (Å²) >= 11 is 0. The van der Waals surface area contributed by atoms with Crippen molar-refractivity contribution >= 4 is 11.7 Å². The topological polar surface area (TPSA) is 50.4 Å². The molecule has 1 heterocycles. The van der Waals surface area contributed by atoms with Crippen LogP contribution in [0, 0.1) is 0 Å². The number of anilines is 1. The number of hydrogen-bond donors (Lipinski definition) is 2. The highest BCUT2D eigenvalue weighted by Crippen LogP contribution is 2.33. The summed E-state index contributed by atoms with van der Waals surface area (Å²) in [5.74, 6) is 0.835. The third kappa shape index (κ3) is 2.83. The second kappa shape index (κ2) is 5.51. The molecule has 1 aromatic rings. The first-order valence-electron chi connectivity index (χ1n) is 7.15. The van der Waals surface area contributed by atoms with E-state index in [4.69, 9.17) is 4.74 Å². The van der Waals surface area contributed by atoms with Crippen LogP contribution in [0.25, 0.3) is 0 Å². The number of rotatable bonds is 2. The van der Waals surface area contributed by atoms with Crippen molar-refractivity contribution in [1.29, 1.82) is 0 Å². The van der Waals surface area contributed by atoms with Crippen LogP contribution in [0.15, 0.2) is 18.2 Å². The predicted octanol–water partition coefficient (Wildman–Crippen LogP) is 3.08. The lowest BCUT2D eigenvalue weighted by Gasteiger charge is -2.23. The number of amides is 2. The van der Waals surface area contributed by atoms with Gasteiger partial charge < -0.3 is 15.4 Å². The Balaban J connectivity index is 1.61. The Kier molecular flexibility index (Phi) is 3.58. The van der Waals surface area contributed by atoms with E-state index in [1.165, 1.54) is 24.8 Å². The van der Waals surface area contributed by atoms with E-state index >= 15 is 0 Å². The predicted molar refractivity (Wildman–Crippen MR) is 74.7 cm³/mol. The molecule has 102 valence electrons. The van der Waals surface area contributed by atoms with Gasteiger partial charge in [-0.2, -0.15) is 0 Å². The number of hydrogen-bond acceptors (Lipinski definition) is 2. The molecule has 1 fully saturated rings. The number of nitrogens with one attached hydrogen (secondary N) is 2. The highest BCUT2D eigenvalue weighted by molar-refractivity contribution is 5.91. The average Bonchev–Trinajstić information content (AvgIpc) is 2.89. The number of para-hydroxylation sites is 1. The average molecular weight is 260 g/mol. The molecule has 0 aromatic heterocycles. The lowest BCUT2D eigenvalue weighted by Crippen LogP contribution is -2.39. The van der Waals surface area contributed by atoms with Gasteiger partial charge in [-0.3, -0.25) is 0 Å². The van der Waals surface area contributed by atoms with Crippen LogP contribution in [0.4, 0.5) is 10.5 Å². The van der Waals surface area contributed by atoms with Crippen LogP contribution in [-0.4, -0.2) is 18.7 Å². The van der Waals surface area contributed by atoms with Gasteiger partial charge in [-0.1, -0.05) is 31.4 Å². The number of fused-ring (bicyclic) bond motifs is 1. The van der Waals surface area contributed by atoms with Crippen LogP contribution in [0.1, 0.15) is 37.7 Å². The zero-order valence-corrected chi connectivity index (χ0v) is 11.1. The van der Waals surface area contributed by atoms with Gasteiger partial charge in [0.15, 0.2) is 0 Å². The molecule has 19 heavy (non-hydrogen) atoms. The molecular formula is C15H20N2O2. The first-order chi connectivity index (χ1) is 9.33. The maximum absolute atomic E-state index is 12.0. The lowest BCUT2D eigenvalue weighted by atomic mass is 9.96. The highest BCUT2D eigenvalue weighted by Gasteiger charge is 2.19. The standard InChI is InChI=1S/C15H20N2O2/c18-15(16-12-6-2-1-3-7-12)17-13-8-4-5-11-9-10-19-14(11)13/h4-5,8,12H,1-3,6-7,9-10H2,(H2,16,17,18). The van der Waals surface area contributed by atoms with E-state index in [2.05, 4.69) is 10.6 Å². The monoisotopic (exact) mass is 260 g/mol. The third-order valence-electron chi connectivity index (χ3n) is 3.90. The number of benzene rings is 1. The van der Waals surface area contributed by atoms with Crippen molar-refractivity contribution in [1.82, 2.24) is 5.32 Å². The fourth-order valence-electron chi connectivity index (χ4n) is 2.90. The fourth-order valence-corrected chi connectivity index (χ4v) is 2.90. The summed E-state index contributed by atoms with van der Waals surface area (Å²) in [7, 11) is 0. The van der Waals surface area contributed by atoms with Crippen molar-refractivity contribution in [3.05, 3.63) is 23.8 Å². The SMILES string of the molecule is O=C(Nc1cccc2c1OCC2)NC1CCCCC1. The normalized spacial score (nSPS) is 18.5. The second-order valence-corrected chi connectivity index (χ2v) is 5.33. The minimum atomic E-state index is -0.115. The Labute approximate surface area is 113 Å². The summed E-state index contributed by atoms with van der Waals surface area (Å²) < 4.78 is 5.58. The van der Waals surface area contributed by atoms with Crippen molar-refractivity contribution in [3.63, 3.8) is 0 Å². The Hall–Kier alpha value is -1.71. The Morgan fingerprint density at radius 1 is 1.21 bits per heavy atom. The molecule has 2 N–H and O–H groups in total. The van der Waals surface area contributed by atoms with Crippen LogP contribution in [0.3, 0.4) is 0 Å². The molecule has 0 spiro atoms. The molecule has 2 aliphatic rings. The van der Waals surface area contributed by atoms with E-state index in [1.807, 2.05) is 18.2 Å². The highest BCUT2D eigenvalue weighted by atomic mass is 16.5. The van der Waals surface area contributed by atoms with Crippen molar-refractivity contribution in [2.24, 2.45) is 0 Å². The van der Waals surface area contributed by atoms with Crippen molar-refractivity contribution < 1.29 is 9.53 Å². The van der Waals surface area contributed by atoms with Crippen LogP contribution in [0.5, 0.6) is 5.75 Å². The second-order valence-electron chi connectivity index (χ2n) is 5.33. The van der Waals surface area contributed by atoms with Gasteiger partial charge in [0.1, 0.15) is 5.75 Å². The largest absolute Gasteiger partial charge is 0.491 e. The van der Waals surface area contributed by atoms with Gasteiger partial charge in [0.25, 0.3) is 0 Å². The smallest absolute Gasteiger partial charge is 0.319 e. The van der Waals surface area contributed by atoms with Crippen LogP contribution in [-0.2, 0) is 6.42 Å². The Morgan fingerprint density at radius 2 is 2.05 bits per heavy atom. The van der Waals surface area contributed by atoms with E-state index in [9.17, 15) is 4.79 Å². The van der Waals surface area contributed by atoms with E-state index in [0.29, 0.717) is 12.6 Å². The van der Waals surface area contributed by atoms with Gasteiger partial charge in [-0.25, -0.2) is 4.79 Å². The molecule has 2 amide bonds. The summed E-state index contributed by atoms with van der Waals surface area (Å²) in [6, 6.07) is 6.11. The van der Waals surface area contributed by atoms with E-state index < -0.39 is 0 Å². The first kappa shape index (κ1) is 12.3. The van der Waals surface area contributed by atoms with Gasteiger partial charge in [0, 0.05) is 12.5 Å². The molecule has 3 rings (SSSR count). The summed E-state index contributed by atoms with van der Waals surface area (Å²) in [6.07, 6.45) is 6.84. The van der Waals surface area contributed by atoms with Gasteiger partial charge in [-0.15, -0.1) is 0 Å². The molecule has 0 unspecified atom stereocenters. The zero-order valence-electron chi connectivity index (χ0n) is 11.1. The van der Waals surface area contributed by atoms with Gasteiger partial charge in [-0.05, 0) is 24.5 Å². The van der Waals surface area contributed by atoms with Gasteiger partial charge >= 0.3 is 6.03 Å². The molecule has 1 saturated carbocycles. The maximum atomic E-state index is 12.0. The molecule has 0 saturated heterocycles. The van der Waals surface area contributed by atoms with Crippen LogP contribution >= 0.6 is 0 Å². The molecule has 4 nitrogen and oxygen atoms in total. The van der Waals surface area contributed by atoms with E-state index in [1.54, 1.807) is 0 Å². The van der Waals surface area contributed by atoms with Crippen LogP contribution in [0.2, 0.25) is 0 Å². The molecular weight excluding hydrogens is 240 g/mol. The number of ether oxygens (including phenoxy) is 1. The lowest BCUT2D eigenvalue weighted by molar-refractivity contribution is 0.244. The summed E-state index contributed by atoms with van der Waals surface area (Å²) in [4.78, 5) is 12.0. The van der Waals surface area contributed by atoms with Crippen molar-refractivity contribution in [2.45, 2.75) is 44.6 Å². The Bertz CT molecular complexity index is 467. The molecule has 1 aromatic carbocycles. The zero-order chi connectivity index (χ0) is 13.1. The quantitative estimate of drug-likeness (QED) is 0.858. The molecule has 4 heteroatoms. The third-order valence-corrected chi connectivity index (χ3v) is 3.90. The van der Waals surface area contributed by atoms with E-state index in [0.717, 1.165) is 30.7 Å². The van der Waals surface area contributed by atoms with Crippen LogP contribution < -0.4 is 15.4 Å².